The number of aromatic amines is 1. The maximum Gasteiger partial charge on any atom is 0.328 e. The summed E-state index contributed by atoms with van der Waals surface area (Å²) >= 11 is 0. The fourth-order valence-corrected chi connectivity index (χ4v) is 1.21. The third-order valence-electron chi connectivity index (χ3n) is 2.05. The largest absolute Gasteiger partial charge is 0.328 e. The average molecular weight is 222 g/mol. The zero-order valence-electron chi connectivity index (χ0n) is 9.48. The van der Waals surface area contributed by atoms with Gasteiger partial charge in [0.1, 0.15) is 0 Å². The Bertz CT molecular complexity index is 535. The fraction of sp³-hybridized carbons (Fsp3) is 0.364. The molecule has 1 N–H and O–H groups in total. The van der Waals surface area contributed by atoms with Crippen LogP contribution in [-0.4, -0.2) is 15.3 Å². The molecule has 0 radical (unpaired) electrons. The zero-order valence-corrected chi connectivity index (χ0v) is 9.48. The van der Waals surface area contributed by atoms with E-state index in [0.29, 0.717) is 5.56 Å². The Morgan fingerprint density at radius 2 is 2.06 bits per heavy atom. The molecule has 0 aromatic carbocycles. The van der Waals surface area contributed by atoms with Gasteiger partial charge in [-0.1, -0.05) is 0 Å². The number of rotatable bonds is 3. The van der Waals surface area contributed by atoms with Crippen molar-refractivity contribution in [3.8, 4) is 0 Å². The number of allylic oxidation sites excluding steroid dienone is 1. The van der Waals surface area contributed by atoms with Crippen LogP contribution in [0.5, 0.6) is 0 Å². The molecule has 0 atom stereocenters. The summed E-state index contributed by atoms with van der Waals surface area (Å²) in [5.41, 5.74) is -0.636. The van der Waals surface area contributed by atoms with Crippen LogP contribution in [0.3, 0.4) is 0 Å². The van der Waals surface area contributed by atoms with E-state index >= 15 is 0 Å². The molecule has 5 heteroatoms. The number of hydrogen-bond donors (Lipinski definition) is 1. The molecule has 16 heavy (non-hydrogen) atoms. The van der Waals surface area contributed by atoms with Crippen molar-refractivity contribution in [2.45, 2.75) is 26.8 Å². The number of carbonyl (C=O) groups is 1. The average Bonchev–Trinajstić information content (AvgIpc) is 2.15. The van der Waals surface area contributed by atoms with Crippen LogP contribution >= 0.6 is 0 Å². The summed E-state index contributed by atoms with van der Waals surface area (Å²) in [5, 5.41) is 0. The lowest BCUT2D eigenvalue weighted by atomic mass is 10.2. The number of H-pyrrole nitrogens is 1. The lowest BCUT2D eigenvalue weighted by Crippen LogP contribution is -2.31. The number of aromatic nitrogens is 2. The van der Waals surface area contributed by atoms with E-state index < -0.39 is 11.2 Å². The summed E-state index contributed by atoms with van der Waals surface area (Å²) < 4.78 is 1.40. The standard InChI is InChI=1S/C11H14N2O3/c1-7(2)13-6-9(5-4-8(3)14)10(15)12-11(13)16/h4-7H,1-3H3,(H,12,15,16)/b5-4+. The molecular formula is C11H14N2O3. The minimum atomic E-state index is -0.487. The molecule has 1 rings (SSSR count). The quantitative estimate of drug-likeness (QED) is 0.766. The normalized spacial score (nSPS) is 11.2. The molecule has 0 unspecified atom stereocenters. The SMILES string of the molecule is CC(=O)/C=C/c1cn(C(C)C)c(=O)[nH]c1=O. The summed E-state index contributed by atoms with van der Waals surface area (Å²) in [6.07, 6.45) is 4.14. The van der Waals surface area contributed by atoms with E-state index in [0.717, 1.165) is 0 Å². The highest BCUT2D eigenvalue weighted by Gasteiger charge is 2.04. The molecule has 5 nitrogen and oxygen atoms in total. The molecule has 0 aliphatic carbocycles. The van der Waals surface area contributed by atoms with Gasteiger partial charge in [-0.3, -0.25) is 19.1 Å². The molecule has 0 fully saturated rings. The van der Waals surface area contributed by atoms with E-state index in [1.165, 1.54) is 29.8 Å². The number of ketones is 1. The molecule has 1 aromatic heterocycles. The topological polar surface area (TPSA) is 71.9 Å². The summed E-state index contributed by atoms with van der Waals surface area (Å²) in [4.78, 5) is 35.7. The van der Waals surface area contributed by atoms with E-state index in [2.05, 4.69) is 4.98 Å². The zero-order chi connectivity index (χ0) is 12.3. The third kappa shape index (κ3) is 2.79. The fourth-order valence-electron chi connectivity index (χ4n) is 1.21. The molecule has 0 aliphatic heterocycles. The Labute approximate surface area is 92.4 Å². The Kier molecular flexibility index (Phi) is 3.60. The van der Waals surface area contributed by atoms with Gasteiger partial charge >= 0.3 is 5.69 Å². The summed E-state index contributed by atoms with van der Waals surface area (Å²) in [5.74, 6) is -0.151. The molecular weight excluding hydrogens is 208 g/mol. The van der Waals surface area contributed by atoms with Crippen LogP contribution in [0.1, 0.15) is 32.4 Å². The maximum atomic E-state index is 11.4. The van der Waals surface area contributed by atoms with Crippen molar-refractivity contribution in [2.24, 2.45) is 0 Å². The highest BCUT2D eigenvalue weighted by atomic mass is 16.2. The van der Waals surface area contributed by atoms with Gasteiger partial charge in [-0.2, -0.15) is 0 Å². The van der Waals surface area contributed by atoms with Crippen LogP contribution in [0.4, 0.5) is 0 Å². The summed E-state index contributed by atoms with van der Waals surface area (Å²) in [6, 6.07) is -0.0474. The molecule has 1 aromatic rings. The van der Waals surface area contributed by atoms with Gasteiger partial charge < -0.3 is 0 Å². The first kappa shape index (κ1) is 12.2. The monoisotopic (exact) mass is 222 g/mol. The van der Waals surface area contributed by atoms with Gasteiger partial charge in [-0.15, -0.1) is 0 Å². The van der Waals surface area contributed by atoms with Gasteiger partial charge in [0, 0.05) is 12.2 Å². The van der Waals surface area contributed by atoms with Crippen LogP contribution < -0.4 is 11.2 Å². The van der Waals surface area contributed by atoms with Crippen molar-refractivity contribution >= 4 is 11.9 Å². The maximum absolute atomic E-state index is 11.4. The van der Waals surface area contributed by atoms with Gasteiger partial charge in [0.15, 0.2) is 5.78 Å². The number of hydrogen-bond acceptors (Lipinski definition) is 3. The number of nitrogens with zero attached hydrogens (tertiary/aromatic N) is 1. The Balaban J connectivity index is 3.31. The molecule has 86 valence electrons. The molecule has 0 aliphatic rings. The Hall–Kier alpha value is -1.91. The number of nitrogens with one attached hydrogen (secondary N) is 1. The lowest BCUT2D eigenvalue weighted by molar-refractivity contribution is -0.112. The first-order valence-corrected chi connectivity index (χ1v) is 4.96. The van der Waals surface area contributed by atoms with E-state index in [1.54, 1.807) is 0 Å². The number of carbonyl (C=O) groups excluding carboxylic acids is 1. The molecule has 0 amide bonds. The van der Waals surface area contributed by atoms with Crippen molar-refractivity contribution in [1.82, 2.24) is 9.55 Å². The van der Waals surface area contributed by atoms with Crippen molar-refractivity contribution < 1.29 is 4.79 Å². The van der Waals surface area contributed by atoms with Crippen LogP contribution in [0, 0.1) is 0 Å². The van der Waals surface area contributed by atoms with Crippen molar-refractivity contribution in [2.75, 3.05) is 0 Å². The van der Waals surface area contributed by atoms with Gasteiger partial charge in [-0.05, 0) is 32.9 Å². The van der Waals surface area contributed by atoms with Crippen LogP contribution in [-0.2, 0) is 4.79 Å². The summed E-state index contributed by atoms with van der Waals surface area (Å²) in [6.45, 7) is 5.06. The van der Waals surface area contributed by atoms with Crippen molar-refractivity contribution in [3.05, 3.63) is 38.7 Å². The first-order chi connectivity index (χ1) is 7.41. The predicted octanol–water partition coefficient (Wildman–Crippen LogP) is 0.720. The van der Waals surface area contributed by atoms with Gasteiger partial charge in [-0.25, -0.2) is 4.79 Å². The second kappa shape index (κ2) is 4.74. The van der Waals surface area contributed by atoms with E-state index in [9.17, 15) is 14.4 Å². The van der Waals surface area contributed by atoms with Crippen LogP contribution in [0.2, 0.25) is 0 Å². The third-order valence-corrected chi connectivity index (χ3v) is 2.05. The molecule has 0 spiro atoms. The predicted molar refractivity (Wildman–Crippen MR) is 61.4 cm³/mol. The first-order valence-electron chi connectivity index (χ1n) is 4.96. The lowest BCUT2D eigenvalue weighted by Gasteiger charge is -2.08. The smallest absolute Gasteiger partial charge is 0.297 e. The minimum Gasteiger partial charge on any atom is -0.297 e. The van der Waals surface area contributed by atoms with E-state index in [4.69, 9.17) is 0 Å². The van der Waals surface area contributed by atoms with Crippen LogP contribution in [0.25, 0.3) is 6.08 Å². The Morgan fingerprint density at radius 3 is 2.56 bits per heavy atom. The van der Waals surface area contributed by atoms with Crippen molar-refractivity contribution in [3.63, 3.8) is 0 Å². The molecule has 0 bridgehead atoms. The second-order valence-electron chi connectivity index (χ2n) is 3.79. The highest BCUT2D eigenvalue weighted by molar-refractivity contribution is 5.91. The molecule has 0 saturated heterocycles. The van der Waals surface area contributed by atoms with E-state index in [-0.39, 0.29) is 11.8 Å². The Morgan fingerprint density at radius 1 is 1.44 bits per heavy atom. The van der Waals surface area contributed by atoms with Gasteiger partial charge in [0.2, 0.25) is 0 Å². The van der Waals surface area contributed by atoms with Gasteiger partial charge in [0.25, 0.3) is 5.56 Å². The summed E-state index contributed by atoms with van der Waals surface area (Å²) in [7, 11) is 0. The van der Waals surface area contributed by atoms with Gasteiger partial charge in [0.05, 0.1) is 5.56 Å². The highest BCUT2D eigenvalue weighted by Crippen LogP contribution is 2.00. The second-order valence-corrected chi connectivity index (χ2v) is 3.79. The van der Waals surface area contributed by atoms with Crippen molar-refractivity contribution in [1.29, 1.82) is 0 Å². The van der Waals surface area contributed by atoms with Crippen LogP contribution in [0.15, 0.2) is 21.9 Å². The minimum absolute atomic E-state index is 0.0474. The molecule has 1 heterocycles. The van der Waals surface area contributed by atoms with E-state index in [1.807, 2.05) is 13.8 Å². The molecule has 0 saturated carbocycles.